The van der Waals surface area contributed by atoms with Crippen LogP contribution in [0.25, 0.3) is 16.8 Å². The highest BCUT2D eigenvalue weighted by Crippen LogP contribution is 2.36. The Kier molecular flexibility index (Phi) is 15.4. The lowest BCUT2D eigenvalue weighted by molar-refractivity contribution is -0.140. The summed E-state index contributed by atoms with van der Waals surface area (Å²) in [4.78, 5) is 103. The van der Waals surface area contributed by atoms with E-state index in [4.69, 9.17) is 18.5 Å². The van der Waals surface area contributed by atoms with Crippen LogP contribution in [-0.2, 0) is 30.5 Å². The van der Waals surface area contributed by atoms with Gasteiger partial charge >= 0.3 is 24.3 Å². The standard InChI is InChI=1S/C41H51BF3N13O8/c1-4-25-20-55(38(63)50-23-41(43,44)45)21-27(25)31-17-47-33-18-48-35-29(58(31)33)11-13-57(35)39(64)53(2)14-15-54(3)40(65)66-22-24-7-9-26(10-8-24)51-34(60)19-49-36(61)30-6-5-12-56(30)37(62)28(52-42)16-32(46)59/h7-11,13,17-18,25,27-28,30,52H,4-6,12,14-16,19-23H2,1-3H3,(H2,46,59)(H,49,61)(H,50,63)(H,51,60). The van der Waals surface area contributed by atoms with Crippen LogP contribution in [-0.4, -0.2) is 166 Å². The highest BCUT2D eigenvalue weighted by Gasteiger charge is 2.39. The maximum atomic E-state index is 13.7. The van der Waals surface area contributed by atoms with E-state index in [1.165, 1.54) is 37.4 Å². The summed E-state index contributed by atoms with van der Waals surface area (Å²) in [5.74, 6) is -2.63. The number of primary amides is 1. The maximum absolute atomic E-state index is 13.7. The van der Waals surface area contributed by atoms with E-state index in [0.717, 1.165) is 5.69 Å². The van der Waals surface area contributed by atoms with Gasteiger partial charge < -0.3 is 51.2 Å². The van der Waals surface area contributed by atoms with Gasteiger partial charge in [-0.2, -0.15) is 13.2 Å². The van der Waals surface area contributed by atoms with E-state index >= 15 is 0 Å². The molecule has 66 heavy (non-hydrogen) atoms. The summed E-state index contributed by atoms with van der Waals surface area (Å²) in [6, 6.07) is 5.05. The van der Waals surface area contributed by atoms with Gasteiger partial charge in [0.25, 0.3) is 0 Å². The number of carbonyl (C=O) groups is 7. The zero-order valence-electron chi connectivity index (χ0n) is 36.5. The summed E-state index contributed by atoms with van der Waals surface area (Å²) < 4.78 is 47.0. The first-order valence-corrected chi connectivity index (χ1v) is 21.2. The van der Waals surface area contributed by atoms with Crippen LogP contribution in [0.4, 0.5) is 33.2 Å². The number of fused-ring (bicyclic) bond motifs is 3. The maximum Gasteiger partial charge on any atom is 0.409 e. The predicted octanol–water partition coefficient (Wildman–Crippen LogP) is 1.51. The number of likely N-dealkylation sites (N-methyl/N-ethyl adjacent to an activating group) is 2. The number of hydrogen-bond acceptors (Lipinski definition) is 11. The molecule has 0 bridgehead atoms. The van der Waals surface area contributed by atoms with Crippen molar-refractivity contribution in [2.24, 2.45) is 11.7 Å². The number of nitrogens with zero attached hydrogens (tertiary/aromatic N) is 8. The molecule has 4 atom stereocenters. The summed E-state index contributed by atoms with van der Waals surface area (Å²) >= 11 is 0. The number of anilines is 1. The first-order chi connectivity index (χ1) is 31.4. The molecular weight excluding hydrogens is 870 g/mol. The molecule has 0 spiro atoms. The number of imidazole rings is 1. The van der Waals surface area contributed by atoms with E-state index in [0.29, 0.717) is 47.3 Å². The molecule has 8 amide bonds. The molecule has 352 valence electrons. The lowest BCUT2D eigenvalue weighted by atomic mass is 9.91. The molecular formula is C41H51BF3N13O8. The molecule has 3 aromatic heterocycles. The average Bonchev–Trinajstić information content (AvgIpc) is 4.12. The number of hydrogen-bond donors (Lipinski definition) is 5. The fraction of sp³-hybridized carbons (Fsp3) is 0.488. The number of alkyl halides is 3. The minimum atomic E-state index is -4.53. The largest absolute Gasteiger partial charge is 0.445 e. The fourth-order valence-electron chi connectivity index (χ4n) is 8.08. The Labute approximate surface area is 377 Å². The minimum Gasteiger partial charge on any atom is -0.445 e. The van der Waals surface area contributed by atoms with Gasteiger partial charge in [0.2, 0.25) is 23.6 Å². The third-order valence-corrected chi connectivity index (χ3v) is 11.7. The van der Waals surface area contributed by atoms with Crippen molar-refractivity contribution in [1.29, 1.82) is 0 Å². The molecule has 0 saturated carbocycles. The fourth-order valence-corrected chi connectivity index (χ4v) is 8.08. The Balaban J connectivity index is 0.960. The number of aromatic nitrogens is 4. The zero-order chi connectivity index (χ0) is 47.9. The summed E-state index contributed by atoms with van der Waals surface area (Å²) in [6.45, 7) is 1.04. The third-order valence-electron chi connectivity index (χ3n) is 11.7. The molecule has 2 aliphatic rings. The number of carbonyl (C=O) groups excluding carboxylic acids is 7. The molecule has 2 saturated heterocycles. The number of amides is 8. The Morgan fingerprint density at radius 3 is 2.39 bits per heavy atom. The second kappa shape index (κ2) is 20.9. The second-order valence-corrected chi connectivity index (χ2v) is 16.2. The van der Waals surface area contributed by atoms with Gasteiger partial charge in [-0.25, -0.2) is 24.4 Å². The summed E-state index contributed by atoms with van der Waals surface area (Å²) in [5.41, 5.74) is 8.36. The zero-order valence-corrected chi connectivity index (χ0v) is 36.5. The van der Waals surface area contributed by atoms with Crippen LogP contribution >= 0.6 is 0 Å². The topological polar surface area (TPSA) is 251 Å². The van der Waals surface area contributed by atoms with Gasteiger partial charge in [-0.05, 0) is 42.5 Å². The normalized spacial score (nSPS) is 17.7. The van der Waals surface area contributed by atoms with Crippen LogP contribution in [0.3, 0.4) is 0 Å². The van der Waals surface area contributed by atoms with Crippen LogP contribution in [0.1, 0.15) is 49.8 Å². The molecule has 21 nitrogen and oxygen atoms in total. The number of ether oxygens (including phenoxy) is 1. The van der Waals surface area contributed by atoms with E-state index < -0.39 is 66.6 Å². The average molecular weight is 922 g/mol. The van der Waals surface area contributed by atoms with Crippen LogP contribution in [0.2, 0.25) is 0 Å². The first kappa shape index (κ1) is 48.5. The van der Waals surface area contributed by atoms with Crippen molar-refractivity contribution in [1.82, 2.24) is 54.4 Å². The van der Waals surface area contributed by atoms with Crippen LogP contribution < -0.4 is 26.9 Å². The monoisotopic (exact) mass is 921 g/mol. The van der Waals surface area contributed by atoms with Crippen molar-refractivity contribution in [3.63, 3.8) is 0 Å². The van der Waals surface area contributed by atoms with Crippen molar-refractivity contribution in [3.8, 4) is 0 Å². The van der Waals surface area contributed by atoms with E-state index in [2.05, 4.69) is 25.8 Å². The number of halogens is 3. The second-order valence-electron chi connectivity index (χ2n) is 16.2. The van der Waals surface area contributed by atoms with Crippen molar-refractivity contribution >= 4 is 72.3 Å². The van der Waals surface area contributed by atoms with Gasteiger partial charge in [0, 0.05) is 82.9 Å². The smallest absolute Gasteiger partial charge is 0.409 e. The molecule has 5 heterocycles. The van der Waals surface area contributed by atoms with Gasteiger partial charge in [-0.3, -0.25) is 28.1 Å². The van der Waals surface area contributed by atoms with Crippen molar-refractivity contribution in [2.75, 3.05) is 65.2 Å². The van der Waals surface area contributed by atoms with Crippen molar-refractivity contribution in [3.05, 3.63) is 60.2 Å². The number of nitrogens with one attached hydrogen (secondary N) is 4. The first-order valence-electron chi connectivity index (χ1n) is 21.2. The molecule has 1 aromatic carbocycles. The minimum absolute atomic E-state index is 0.0533. The Bertz CT molecular complexity index is 2450. The van der Waals surface area contributed by atoms with E-state index in [1.807, 2.05) is 16.6 Å². The van der Waals surface area contributed by atoms with Gasteiger partial charge in [0.15, 0.2) is 19.3 Å². The van der Waals surface area contributed by atoms with Gasteiger partial charge in [0.1, 0.15) is 19.2 Å². The molecule has 2 aliphatic heterocycles. The van der Waals surface area contributed by atoms with Gasteiger partial charge in [0.05, 0.1) is 24.3 Å². The summed E-state index contributed by atoms with van der Waals surface area (Å²) in [7, 11) is 8.51. The van der Waals surface area contributed by atoms with Gasteiger partial charge in [-0.15, -0.1) is 0 Å². The number of likely N-dealkylation sites (tertiary alicyclic amines) is 2. The van der Waals surface area contributed by atoms with E-state index in [1.54, 1.807) is 49.8 Å². The molecule has 6 rings (SSSR count). The third kappa shape index (κ3) is 11.5. The lowest BCUT2D eigenvalue weighted by Crippen LogP contribution is -2.53. The molecule has 2 fully saturated rings. The Morgan fingerprint density at radius 1 is 0.985 bits per heavy atom. The number of rotatable bonds is 16. The Hall–Kier alpha value is -6.92. The van der Waals surface area contributed by atoms with Gasteiger partial charge in [-0.1, -0.05) is 25.5 Å². The molecule has 0 aliphatic carbocycles. The lowest BCUT2D eigenvalue weighted by Gasteiger charge is -2.27. The number of urea groups is 1. The van der Waals surface area contributed by atoms with E-state index in [9.17, 15) is 46.7 Å². The van der Waals surface area contributed by atoms with E-state index in [-0.39, 0.29) is 64.1 Å². The highest BCUT2D eigenvalue weighted by atomic mass is 19.4. The highest BCUT2D eigenvalue weighted by molar-refractivity contribution is 6.07. The van der Waals surface area contributed by atoms with Crippen LogP contribution in [0.15, 0.2) is 48.9 Å². The molecule has 25 heteroatoms. The number of nitrogens with two attached hydrogens (primary N) is 1. The summed E-state index contributed by atoms with van der Waals surface area (Å²) in [6.07, 6.45) is 0.802. The molecule has 4 unspecified atom stereocenters. The molecule has 6 N–H and O–H groups in total. The van der Waals surface area contributed by atoms with Crippen molar-refractivity contribution in [2.45, 2.75) is 63.4 Å². The SMILES string of the molecule is [B]NC(CC(N)=O)C(=O)N1CCCC1C(=O)NCC(=O)Nc1ccc(COC(=O)N(C)CCN(C)C(=O)n2ccc3c2ncc2ncc(C4CN(C(=O)NCC(F)(F)F)CC4CC)n23)cc1. The van der Waals surface area contributed by atoms with Crippen LogP contribution in [0, 0.1) is 5.92 Å². The quantitative estimate of drug-likeness (QED) is 0.101. The molecule has 2 radical (unpaired) electrons. The number of benzene rings is 1. The molecule has 4 aromatic rings. The Morgan fingerprint density at radius 2 is 1.71 bits per heavy atom. The van der Waals surface area contributed by atoms with Crippen molar-refractivity contribution < 1.29 is 51.5 Å². The van der Waals surface area contributed by atoms with Crippen LogP contribution in [0.5, 0.6) is 0 Å². The summed E-state index contributed by atoms with van der Waals surface area (Å²) in [5, 5.41) is 9.40. The predicted molar refractivity (Wildman–Crippen MR) is 232 cm³/mol.